The van der Waals surface area contributed by atoms with Gasteiger partial charge in [0.15, 0.2) is 11.9 Å². The zero-order chi connectivity index (χ0) is 18.5. The summed E-state index contributed by atoms with van der Waals surface area (Å²) < 4.78 is 0. The number of nitrogens with one attached hydrogen (secondary N) is 3. The van der Waals surface area contributed by atoms with Gasteiger partial charge in [-0.25, -0.2) is 0 Å². The molecule has 3 heterocycles. The Bertz CT molecular complexity index is 450. The molecule has 3 N–H and O–H groups in total. The fourth-order valence-electron chi connectivity index (χ4n) is 2.56. The normalized spacial score (nSPS) is 21.4. The largest absolute Gasteiger partial charge is 0.364 e. The van der Waals surface area contributed by atoms with Gasteiger partial charge in [-0.3, -0.25) is 15.0 Å². The van der Waals surface area contributed by atoms with Crippen molar-refractivity contribution in [2.24, 2.45) is 15.0 Å². The van der Waals surface area contributed by atoms with E-state index >= 15 is 0 Å². The summed E-state index contributed by atoms with van der Waals surface area (Å²) in [7, 11) is 7.72. The first-order valence-corrected chi connectivity index (χ1v) is 9.17. The van der Waals surface area contributed by atoms with Crippen LogP contribution in [0, 0.1) is 0 Å². The Morgan fingerprint density at radius 1 is 0.840 bits per heavy atom. The van der Waals surface area contributed by atoms with Crippen LogP contribution in [-0.4, -0.2) is 95.0 Å². The van der Waals surface area contributed by atoms with Crippen molar-refractivity contribution in [3.05, 3.63) is 0 Å². The minimum Gasteiger partial charge on any atom is -0.364 e. The molecule has 0 aromatic rings. The van der Waals surface area contributed by atoms with Crippen LogP contribution in [-0.2, 0) is 0 Å². The van der Waals surface area contributed by atoms with Gasteiger partial charge in [-0.15, -0.1) is 0 Å². The third-order valence-corrected chi connectivity index (χ3v) is 4.23. The standard InChI is InChI=1S/C6H13N3.C6H12N2.C5H11N3/c1-7-6-8-4-3-5-9(6)2;1-6-7-4-3-5-8(6)2;1-6-5-7-3-2-4-8-5/h3-5H2,1-2H3,(H,7,8);3-5H2,1-2H3;2-4H2,1H3,(H2,6,7,8). The number of hydrogen-bond acceptors (Lipinski definition) is 4. The van der Waals surface area contributed by atoms with Gasteiger partial charge < -0.3 is 25.8 Å². The van der Waals surface area contributed by atoms with E-state index in [1.54, 1.807) is 7.05 Å². The van der Waals surface area contributed by atoms with Crippen molar-refractivity contribution in [1.82, 2.24) is 25.8 Å². The molecule has 0 atom stereocenters. The maximum atomic E-state index is 4.25. The third kappa shape index (κ3) is 8.60. The molecule has 0 bridgehead atoms. The third-order valence-electron chi connectivity index (χ3n) is 4.23. The molecular formula is C17H36N8. The van der Waals surface area contributed by atoms with Gasteiger partial charge in [-0.05, 0) is 26.2 Å². The Balaban J connectivity index is 0.000000188. The summed E-state index contributed by atoms with van der Waals surface area (Å²) >= 11 is 0. The molecule has 3 rings (SSSR count). The van der Waals surface area contributed by atoms with Crippen molar-refractivity contribution in [2.75, 3.05) is 67.5 Å². The van der Waals surface area contributed by atoms with E-state index in [0.29, 0.717) is 0 Å². The van der Waals surface area contributed by atoms with E-state index in [2.05, 4.69) is 61.7 Å². The molecule has 0 radical (unpaired) electrons. The topological polar surface area (TPSA) is 79.6 Å². The van der Waals surface area contributed by atoms with Gasteiger partial charge in [0, 0.05) is 67.5 Å². The van der Waals surface area contributed by atoms with E-state index in [1.807, 2.05) is 7.05 Å². The van der Waals surface area contributed by atoms with Crippen molar-refractivity contribution in [3.8, 4) is 0 Å². The Morgan fingerprint density at radius 2 is 1.48 bits per heavy atom. The van der Waals surface area contributed by atoms with Crippen LogP contribution in [0.1, 0.15) is 26.2 Å². The molecule has 3 aliphatic heterocycles. The van der Waals surface area contributed by atoms with Gasteiger partial charge in [0.2, 0.25) is 0 Å². The lowest BCUT2D eigenvalue weighted by Crippen LogP contribution is -2.45. The second-order valence-corrected chi connectivity index (χ2v) is 6.23. The average Bonchev–Trinajstić information content (AvgIpc) is 2.66. The van der Waals surface area contributed by atoms with Crippen LogP contribution in [0.15, 0.2) is 15.0 Å². The Kier molecular flexibility index (Phi) is 10.4. The van der Waals surface area contributed by atoms with E-state index in [0.717, 1.165) is 44.6 Å². The van der Waals surface area contributed by atoms with Crippen LogP contribution in [0.4, 0.5) is 0 Å². The zero-order valence-electron chi connectivity index (χ0n) is 16.6. The second-order valence-electron chi connectivity index (χ2n) is 6.23. The molecule has 3 aliphatic rings. The Morgan fingerprint density at radius 3 is 1.88 bits per heavy atom. The van der Waals surface area contributed by atoms with E-state index in [1.165, 1.54) is 31.6 Å². The molecule has 8 nitrogen and oxygen atoms in total. The fourth-order valence-corrected chi connectivity index (χ4v) is 2.56. The predicted molar refractivity (Wildman–Crippen MR) is 108 cm³/mol. The monoisotopic (exact) mass is 352 g/mol. The zero-order valence-corrected chi connectivity index (χ0v) is 16.6. The highest BCUT2D eigenvalue weighted by atomic mass is 15.3. The molecule has 2 fully saturated rings. The van der Waals surface area contributed by atoms with Crippen LogP contribution in [0.5, 0.6) is 0 Å². The van der Waals surface area contributed by atoms with Gasteiger partial charge in [-0.2, -0.15) is 0 Å². The van der Waals surface area contributed by atoms with E-state index in [4.69, 9.17) is 0 Å². The minimum absolute atomic E-state index is 0.927. The first kappa shape index (κ1) is 21.1. The van der Waals surface area contributed by atoms with Crippen LogP contribution >= 0.6 is 0 Å². The van der Waals surface area contributed by atoms with Crippen molar-refractivity contribution < 1.29 is 0 Å². The predicted octanol–water partition coefficient (Wildman–Crippen LogP) is 0.193. The molecule has 0 aromatic carbocycles. The van der Waals surface area contributed by atoms with Crippen molar-refractivity contribution in [1.29, 1.82) is 0 Å². The van der Waals surface area contributed by atoms with Crippen molar-refractivity contribution in [3.63, 3.8) is 0 Å². The highest BCUT2D eigenvalue weighted by Crippen LogP contribution is 1.97. The van der Waals surface area contributed by atoms with Crippen molar-refractivity contribution in [2.45, 2.75) is 26.2 Å². The molecule has 0 unspecified atom stereocenters. The number of guanidine groups is 2. The Labute approximate surface area is 152 Å². The molecule has 0 amide bonds. The minimum atomic E-state index is 0.927. The summed E-state index contributed by atoms with van der Waals surface area (Å²) in [6.07, 6.45) is 3.63. The summed E-state index contributed by atoms with van der Waals surface area (Å²) in [5.74, 6) is 3.12. The maximum absolute atomic E-state index is 4.25. The first-order valence-electron chi connectivity index (χ1n) is 9.17. The summed E-state index contributed by atoms with van der Waals surface area (Å²) in [4.78, 5) is 16.6. The lowest BCUT2D eigenvalue weighted by Gasteiger charge is -2.26. The molecule has 25 heavy (non-hydrogen) atoms. The molecule has 0 spiro atoms. The maximum Gasteiger partial charge on any atom is 0.193 e. The molecule has 0 aromatic heterocycles. The van der Waals surface area contributed by atoms with Gasteiger partial charge in [0.25, 0.3) is 0 Å². The van der Waals surface area contributed by atoms with E-state index in [9.17, 15) is 0 Å². The average molecular weight is 353 g/mol. The lowest BCUT2D eigenvalue weighted by atomic mass is 10.3. The summed E-state index contributed by atoms with van der Waals surface area (Å²) in [6, 6.07) is 0. The fraction of sp³-hybridized carbons (Fsp3) is 0.824. The first-order chi connectivity index (χ1) is 12.1. The summed E-state index contributed by atoms with van der Waals surface area (Å²) in [5, 5.41) is 9.41. The summed E-state index contributed by atoms with van der Waals surface area (Å²) in [5.41, 5.74) is 0. The molecule has 0 saturated carbocycles. The highest BCUT2D eigenvalue weighted by Gasteiger charge is 2.08. The van der Waals surface area contributed by atoms with Crippen LogP contribution in [0.3, 0.4) is 0 Å². The lowest BCUT2D eigenvalue weighted by molar-refractivity contribution is 0.430. The van der Waals surface area contributed by atoms with Crippen LogP contribution in [0.25, 0.3) is 0 Å². The van der Waals surface area contributed by atoms with Crippen LogP contribution in [0.2, 0.25) is 0 Å². The highest BCUT2D eigenvalue weighted by molar-refractivity contribution is 5.80. The number of hydrogen-bond donors (Lipinski definition) is 3. The molecule has 2 saturated heterocycles. The molecular weight excluding hydrogens is 316 g/mol. The summed E-state index contributed by atoms with van der Waals surface area (Å²) in [6.45, 7) is 8.56. The van der Waals surface area contributed by atoms with Gasteiger partial charge in [0.1, 0.15) is 0 Å². The quantitative estimate of drug-likeness (QED) is 0.580. The number of rotatable bonds is 0. The van der Waals surface area contributed by atoms with Crippen LogP contribution < -0.4 is 16.0 Å². The van der Waals surface area contributed by atoms with Gasteiger partial charge >= 0.3 is 0 Å². The SMILES string of the molecule is CC1=NCCCN1C.CN=C1NCCCN1.CN=C1NCCCN1C. The van der Waals surface area contributed by atoms with E-state index < -0.39 is 0 Å². The van der Waals surface area contributed by atoms with Gasteiger partial charge in [-0.1, -0.05) is 0 Å². The number of aliphatic imine (C=N–C) groups is 3. The van der Waals surface area contributed by atoms with Gasteiger partial charge in [0.05, 0.1) is 5.84 Å². The number of amidine groups is 1. The molecule has 8 heteroatoms. The number of nitrogens with zero attached hydrogens (tertiary/aromatic N) is 5. The molecule has 144 valence electrons. The van der Waals surface area contributed by atoms with E-state index in [-0.39, 0.29) is 0 Å². The Hall–Kier alpha value is -1.99. The smallest absolute Gasteiger partial charge is 0.193 e. The molecule has 0 aliphatic carbocycles. The van der Waals surface area contributed by atoms with Crippen molar-refractivity contribution >= 4 is 17.8 Å². The second kappa shape index (κ2) is 12.4.